The number of hydrogen-bond acceptors (Lipinski definition) is 3. The number of carbonyl (C=O) groups is 1. The quantitative estimate of drug-likeness (QED) is 0.865. The van der Waals surface area contributed by atoms with Gasteiger partial charge in [0.05, 0.1) is 12.3 Å². The van der Waals surface area contributed by atoms with E-state index in [1.54, 1.807) is 6.26 Å². The van der Waals surface area contributed by atoms with E-state index in [-0.39, 0.29) is 23.1 Å². The normalized spacial score (nSPS) is 24.6. The van der Waals surface area contributed by atoms with E-state index < -0.39 is 8.32 Å². The number of furan rings is 1. The first-order valence-electron chi connectivity index (χ1n) is 6.72. The number of rotatable bonds is 3. The fourth-order valence-corrected chi connectivity index (χ4v) is 3.22. The Labute approximate surface area is 115 Å². The summed E-state index contributed by atoms with van der Waals surface area (Å²) in [7, 11) is -1.92. The fourth-order valence-electron chi connectivity index (χ4n) is 1.96. The standard InChI is InChI=1S/C14H23NO3Si/c1-14(2,3)19(4,5)18-12-9-10(15-13(12)16)11-7-6-8-17-11/h6-8,10,12H,9H2,1-5H3,(H,15,16)/t10-,12-/m1/s1. The maximum Gasteiger partial charge on any atom is 0.248 e. The van der Waals surface area contributed by atoms with Crippen LogP contribution in [0.15, 0.2) is 22.8 Å². The van der Waals surface area contributed by atoms with E-state index in [1.165, 1.54) is 0 Å². The average Bonchev–Trinajstić information content (AvgIpc) is 2.86. The van der Waals surface area contributed by atoms with Crippen molar-refractivity contribution in [3.63, 3.8) is 0 Å². The second-order valence-corrected chi connectivity index (χ2v) is 11.4. The molecule has 1 saturated heterocycles. The molecule has 0 unspecified atom stereocenters. The van der Waals surface area contributed by atoms with E-state index in [9.17, 15) is 4.79 Å². The Morgan fingerprint density at radius 2 is 2.11 bits per heavy atom. The number of hydrogen-bond donors (Lipinski definition) is 1. The van der Waals surface area contributed by atoms with Crippen LogP contribution in [-0.4, -0.2) is 20.3 Å². The molecule has 2 atom stereocenters. The van der Waals surface area contributed by atoms with Crippen LogP contribution in [0, 0.1) is 0 Å². The first kappa shape index (κ1) is 14.3. The Bertz CT molecular complexity index is 448. The van der Waals surface area contributed by atoms with Gasteiger partial charge in [-0.25, -0.2) is 0 Å². The summed E-state index contributed by atoms with van der Waals surface area (Å²) in [6, 6.07) is 3.67. The molecule has 1 aromatic heterocycles. The van der Waals surface area contributed by atoms with Crippen LogP contribution in [0.4, 0.5) is 0 Å². The predicted molar refractivity (Wildman–Crippen MR) is 76.3 cm³/mol. The molecule has 1 fully saturated rings. The third-order valence-corrected chi connectivity index (χ3v) is 8.67. The molecular weight excluding hydrogens is 258 g/mol. The minimum absolute atomic E-state index is 0.0220. The summed E-state index contributed by atoms with van der Waals surface area (Å²) >= 11 is 0. The van der Waals surface area contributed by atoms with Crippen molar-refractivity contribution in [2.24, 2.45) is 0 Å². The maximum atomic E-state index is 12.0. The highest BCUT2D eigenvalue weighted by atomic mass is 28.4. The van der Waals surface area contributed by atoms with Crippen molar-refractivity contribution >= 4 is 14.2 Å². The summed E-state index contributed by atoms with van der Waals surface area (Å²) in [5.41, 5.74) is 0. The Kier molecular flexibility index (Phi) is 3.62. The lowest BCUT2D eigenvalue weighted by molar-refractivity contribution is -0.125. The van der Waals surface area contributed by atoms with Gasteiger partial charge in [-0.1, -0.05) is 20.8 Å². The van der Waals surface area contributed by atoms with Crippen LogP contribution < -0.4 is 5.32 Å². The molecule has 0 saturated carbocycles. The summed E-state index contributed by atoms with van der Waals surface area (Å²) < 4.78 is 11.5. The Hall–Kier alpha value is -1.07. The lowest BCUT2D eigenvalue weighted by atomic mass is 10.1. The van der Waals surface area contributed by atoms with E-state index in [0.29, 0.717) is 6.42 Å². The molecule has 19 heavy (non-hydrogen) atoms. The highest BCUT2D eigenvalue weighted by Gasteiger charge is 2.44. The zero-order valence-corrected chi connectivity index (χ0v) is 13.3. The van der Waals surface area contributed by atoms with Crippen LogP contribution in [0.1, 0.15) is 39.0 Å². The van der Waals surface area contributed by atoms with Crippen molar-refractivity contribution < 1.29 is 13.6 Å². The number of carbonyl (C=O) groups excluding carboxylic acids is 1. The van der Waals surface area contributed by atoms with Gasteiger partial charge in [-0.3, -0.25) is 4.79 Å². The summed E-state index contributed by atoms with van der Waals surface area (Å²) in [5, 5.41) is 3.05. The topological polar surface area (TPSA) is 51.5 Å². The average molecular weight is 281 g/mol. The summed E-state index contributed by atoms with van der Waals surface area (Å²) in [4.78, 5) is 12.0. The highest BCUT2D eigenvalue weighted by molar-refractivity contribution is 6.74. The lowest BCUT2D eigenvalue weighted by Crippen LogP contribution is -2.45. The molecule has 1 aromatic rings. The molecule has 0 aliphatic carbocycles. The SMILES string of the molecule is CC(C)(C)[Si](C)(C)O[C@@H]1C[C@H](c2ccco2)NC1=O. The first-order chi connectivity index (χ1) is 8.71. The largest absolute Gasteiger partial charge is 0.467 e. The molecule has 1 aliphatic rings. The van der Waals surface area contributed by atoms with Gasteiger partial charge >= 0.3 is 0 Å². The maximum absolute atomic E-state index is 12.0. The zero-order chi connectivity index (χ0) is 14.3. The molecule has 4 nitrogen and oxygen atoms in total. The van der Waals surface area contributed by atoms with E-state index in [1.807, 2.05) is 12.1 Å². The number of nitrogens with one attached hydrogen (secondary N) is 1. The van der Waals surface area contributed by atoms with E-state index in [2.05, 4.69) is 39.2 Å². The van der Waals surface area contributed by atoms with Crippen molar-refractivity contribution in [3.05, 3.63) is 24.2 Å². The van der Waals surface area contributed by atoms with Crippen molar-refractivity contribution in [1.29, 1.82) is 0 Å². The zero-order valence-electron chi connectivity index (χ0n) is 12.3. The summed E-state index contributed by atoms with van der Waals surface area (Å²) in [5.74, 6) is 0.779. The second-order valence-electron chi connectivity index (χ2n) is 6.68. The molecule has 1 N–H and O–H groups in total. The van der Waals surface area contributed by atoms with Crippen LogP contribution in [-0.2, 0) is 9.22 Å². The third kappa shape index (κ3) is 2.92. The van der Waals surface area contributed by atoms with Crippen molar-refractivity contribution in [3.8, 4) is 0 Å². The Morgan fingerprint density at radius 3 is 2.63 bits per heavy atom. The van der Waals surface area contributed by atoms with Gasteiger partial charge in [0.1, 0.15) is 11.9 Å². The van der Waals surface area contributed by atoms with Gasteiger partial charge in [-0.15, -0.1) is 0 Å². The summed E-state index contributed by atoms with van der Waals surface area (Å²) in [6.07, 6.45) is 1.93. The van der Waals surface area contributed by atoms with Crippen LogP contribution in [0.25, 0.3) is 0 Å². The van der Waals surface area contributed by atoms with Crippen LogP contribution in [0.2, 0.25) is 18.1 Å². The first-order valence-corrected chi connectivity index (χ1v) is 9.63. The monoisotopic (exact) mass is 281 g/mol. The van der Waals surface area contributed by atoms with Crippen LogP contribution in [0.3, 0.4) is 0 Å². The predicted octanol–water partition coefficient (Wildman–Crippen LogP) is 3.23. The van der Waals surface area contributed by atoms with Gasteiger partial charge in [-0.2, -0.15) is 0 Å². The van der Waals surface area contributed by atoms with Crippen LogP contribution in [0.5, 0.6) is 0 Å². The molecule has 2 heterocycles. The number of amides is 1. The molecule has 1 aliphatic heterocycles. The lowest BCUT2D eigenvalue weighted by Gasteiger charge is -2.37. The fraction of sp³-hybridized carbons (Fsp3) is 0.643. The molecule has 0 spiro atoms. The van der Waals surface area contributed by atoms with Crippen molar-refractivity contribution in [2.45, 2.75) is 57.5 Å². The molecule has 2 rings (SSSR count). The van der Waals surface area contributed by atoms with Gasteiger partial charge in [0.25, 0.3) is 0 Å². The minimum atomic E-state index is -1.92. The second kappa shape index (κ2) is 4.79. The minimum Gasteiger partial charge on any atom is -0.467 e. The molecule has 5 heteroatoms. The molecular formula is C14H23NO3Si. The molecule has 0 aromatic carbocycles. The van der Waals surface area contributed by atoms with Crippen LogP contribution >= 0.6 is 0 Å². The van der Waals surface area contributed by atoms with Gasteiger partial charge in [0, 0.05) is 6.42 Å². The summed E-state index contributed by atoms with van der Waals surface area (Å²) in [6.45, 7) is 10.9. The van der Waals surface area contributed by atoms with Gasteiger partial charge in [0.2, 0.25) is 5.91 Å². The molecule has 0 bridgehead atoms. The Balaban J connectivity index is 2.05. The van der Waals surface area contributed by atoms with E-state index in [0.717, 1.165) is 5.76 Å². The van der Waals surface area contributed by atoms with E-state index in [4.69, 9.17) is 8.84 Å². The molecule has 1 amide bonds. The highest BCUT2D eigenvalue weighted by Crippen LogP contribution is 2.39. The van der Waals surface area contributed by atoms with Crippen molar-refractivity contribution in [2.75, 3.05) is 0 Å². The molecule has 0 radical (unpaired) electrons. The smallest absolute Gasteiger partial charge is 0.248 e. The third-order valence-electron chi connectivity index (χ3n) is 4.19. The molecule has 106 valence electrons. The van der Waals surface area contributed by atoms with E-state index >= 15 is 0 Å². The van der Waals surface area contributed by atoms with Gasteiger partial charge < -0.3 is 14.2 Å². The van der Waals surface area contributed by atoms with Gasteiger partial charge in [0.15, 0.2) is 8.32 Å². The van der Waals surface area contributed by atoms with Crippen molar-refractivity contribution in [1.82, 2.24) is 5.32 Å². The van der Waals surface area contributed by atoms with Gasteiger partial charge in [-0.05, 0) is 30.3 Å². The Morgan fingerprint density at radius 1 is 1.42 bits per heavy atom.